The lowest BCUT2D eigenvalue weighted by molar-refractivity contribution is 0.203. The average molecular weight is 158 g/mol. The minimum absolute atomic E-state index is 0.0277. The minimum Gasteiger partial charge on any atom is -0.383 e. The summed E-state index contributed by atoms with van der Waals surface area (Å²) < 4.78 is 4.85. The molecule has 1 rings (SSSR count). The molecule has 11 heavy (non-hydrogen) atoms. The second-order valence-electron chi connectivity index (χ2n) is 2.36. The van der Waals surface area contributed by atoms with Gasteiger partial charge in [0.25, 0.3) is 0 Å². The van der Waals surface area contributed by atoms with Crippen molar-refractivity contribution in [2.24, 2.45) is 10.7 Å². The Labute approximate surface area is 66.0 Å². The smallest absolute Gasteiger partial charge is 0.192 e. The SMILES string of the molecule is COCCNC1=NCC(N)N1. The van der Waals surface area contributed by atoms with E-state index >= 15 is 0 Å². The van der Waals surface area contributed by atoms with E-state index in [-0.39, 0.29) is 6.17 Å². The molecule has 0 aliphatic carbocycles. The third-order valence-corrected chi connectivity index (χ3v) is 1.37. The zero-order chi connectivity index (χ0) is 8.10. The summed E-state index contributed by atoms with van der Waals surface area (Å²) in [6.07, 6.45) is -0.0277. The zero-order valence-electron chi connectivity index (χ0n) is 6.63. The summed E-state index contributed by atoms with van der Waals surface area (Å²) in [6, 6.07) is 0. The molecule has 0 saturated carbocycles. The number of methoxy groups -OCH3 is 1. The standard InChI is InChI=1S/C6H14N4O/c1-11-3-2-8-6-9-4-5(7)10-6/h5H,2-4,7H2,1H3,(H2,8,9,10). The molecule has 1 atom stereocenters. The highest BCUT2D eigenvalue weighted by molar-refractivity contribution is 5.81. The van der Waals surface area contributed by atoms with Crippen LogP contribution in [0, 0.1) is 0 Å². The van der Waals surface area contributed by atoms with Gasteiger partial charge in [0.15, 0.2) is 5.96 Å². The van der Waals surface area contributed by atoms with Gasteiger partial charge < -0.3 is 21.1 Å². The van der Waals surface area contributed by atoms with Crippen LogP contribution in [-0.2, 0) is 4.74 Å². The molecule has 1 unspecified atom stereocenters. The Morgan fingerprint density at radius 3 is 3.27 bits per heavy atom. The third-order valence-electron chi connectivity index (χ3n) is 1.37. The van der Waals surface area contributed by atoms with Crippen molar-refractivity contribution in [3.8, 4) is 0 Å². The number of ether oxygens (including phenoxy) is 1. The first-order valence-electron chi connectivity index (χ1n) is 3.62. The number of nitrogens with two attached hydrogens (primary N) is 1. The summed E-state index contributed by atoms with van der Waals surface area (Å²) in [5.74, 6) is 0.773. The van der Waals surface area contributed by atoms with Crippen molar-refractivity contribution in [1.82, 2.24) is 10.6 Å². The van der Waals surface area contributed by atoms with E-state index in [0.717, 1.165) is 12.5 Å². The minimum atomic E-state index is -0.0277. The van der Waals surface area contributed by atoms with Crippen molar-refractivity contribution in [1.29, 1.82) is 0 Å². The lowest BCUT2D eigenvalue weighted by Gasteiger charge is -2.07. The fraction of sp³-hybridized carbons (Fsp3) is 0.833. The number of aliphatic imine (C=N–C) groups is 1. The summed E-state index contributed by atoms with van der Waals surface area (Å²) in [5, 5.41) is 6.02. The number of guanidine groups is 1. The van der Waals surface area contributed by atoms with E-state index in [4.69, 9.17) is 10.5 Å². The molecule has 0 spiro atoms. The molecular weight excluding hydrogens is 144 g/mol. The van der Waals surface area contributed by atoms with Gasteiger partial charge in [-0.1, -0.05) is 0 Å². The summed E-state index contributed by atoms with van der Waals surface area (Å²) >= 11 is 0. The fourth-order valence-electron chi connectivity index (χ4n) is 0.835. The topological polar surface area (TPSA) is 71.7 Å². The molecule has 0 saturated heterocycles. The fourth-order valence-corrected chi connectivity index (χ4v) is 0.835. The number of hydrogen-bond acceptors (Lipinski definition) is 5. The average Bonchev–Trinajstić information content (AvgIpc) is 2.37. The van der Waals surface area contributed by atoms with E-state index in [1.54, 1.807) is 7.11 Å². The first-order valence-corrected chi connectivity index (χ1v) is 3.62. The molecule has 4 N–H and O–H groups in total. The summed E-state index contributed by atoms with van der Waals surface area (Å²) in [6.45, 7) is 2.08. The second-order valence-corrected chi connectivity index (χ2v) is 2.36. The molecule has 0 amide bonds. The van der Waals surface area contributed by atoms with Crippen LogP contribution in [0.2, 0.25) is 0 Å². The molecule has 0 radical (unpaired) electrons. The maximum absolute atomic E-state index is 5.53. The number of nitrogens with one attached hydrogen (secondary N) is 2. The highest BCUT2D eigenvalue weighted by atomic mass is 16.5. The van der Waals surface area contributed by atoms with E-state index in [9.17, 15) is 0 Å². The summed E-state index contributed by atoms with van der Waals surface area (Å²) in [7, 11) is 1.66. The first-order chi connectivity index (χ1) is 5.33. The van der Waals surface area contributed by atoms with Gasteiger partial charge in [-0.2, -0.15) is 0 Å². The van der Waals surface area contributed by atoms with Gasteiger partial charge in [-0.05, 0) is 0 Å². The molecule has 64 valence electrons. The van der Waals surface area contributed by atoms with E-state index in [0.29, 0.717) is 13.2 Å². The predicted octanol–water partition coefficient (Wildman–Crippen LogP) is -1.53. The monoisotopic (exact) mass is 158 g/mol. The van der Waals surface area contributed by atoms with Crippen molar-refractivity contribution < 1.29 is 4.74 Å². The molecule has 1 aliphatic heterocycles. The van der Waals surface area contributed by atoms with Crippen molar-refractivity contribution in [2.75, 3.05) is 26.8 Å². The van der Waals surface area contributed by atoms with Gasteiger partial charge in [0.1, 0.15) is 0 Å². The maximum atomic E-state index is 5.53. The van der Waals surface area contributed by atoms with Crippen molar-refractivity contribution in [3.05, 3.63) is 0 Å². The normalized spacial score (nSPS) is 22.7. The Kier molecular flexibility index (Phi) is 3.13. The lowest BCUT2D eigenvalue weighted by atomic mass is 10.6. The van der Waals surface area contributed by atoms with E-state index in [1.807, 2.05) is 0 Å². The third kappa shape index (κ3) is 2.73. The molecule has 5 heteroatoms. The molecule has 0 bridgehead atoms. The van der Waals surface area contributed by atoms with Gasteiger partial charge in [0.2, 0.25) is 0 Å². The Hall–Kier alpha value is -0.810. The first kappa shape index (κ1) is 8.29. The number of hydrogen-bond donors (Lipinski definition) is 3. The molecule has 0 aromatic rings. The molecule has 5 nitrogen and oxygen atoms in total. The van der Waals surface area contributed by atoms with Crippen LogP contribution in [0.25, 0.3) is 0 Å². The van der Waals surface area contributed by atoms with Crippen LogP contribution in [0.15, 0.2) is 4.99 Å². The molecular formula is C6H14N4O. The van der Waals surface area contributed by atoms with Gasteiger partial charge in [-0.15, -0.1) is 0 Å². The second kappa shape index (κ2) is 4.15. The van der Waals surface area contributed by atoms with Crippen LogP contribution in [0.3, 0.4) is 0 Å². The lowest BCUT2D eigenvalue weighted by Crippen LogP contribution is -2.44. The molecule has 1 aliphatic rings. The summed E-state index contributed by atoms with van der Waals surface area (Å²) in [4.78, 5) is 4.10. The Balaban J connectivity index is 2.08. The van der Waals surface area contributed by atoms with E-state index < -0.39 is 0 Å². The van der Waals surface area contributed by atoms with Gasteiger partial charge in [-0.25, -0.2) is 4.99 Å². The highest BCUT2D eigenvalue weighted by Crippen LogP contribution is 1.85. The van der Waals surface area contributed by atoms with Crippen LogP contribution in [-0.4, -0.2) is 38.9 Å². The quantitative estimate of drug-likeness (QED) is 0.436. The summed E-state index contributed by atoms with van der Waals surface area (Å²) in [5.41, 5.74) is 5.53. The Morgan fingerprint density at radius 1 is 1.91 bits per heavy atom. The Morgan fingerprint density at radius 2 is 2.73 bits per heavy atom. The number of rotatable bonds is 3. The van der Waals surface area contributed by atoms with Crippen LogP contribution < -0.4 is 16.4 Å². The van der Waals surface area contributed by atoms with Gasteiger partial charge in [-0.3, -0.25) is 0 Å². The van der Waals surface area contributed by atoms with Crippen LogP contribution in [0.1, 0.15) is 0 Å². The van der Waals surface area contributed by atoms with Crippen molar-refractivity contribution >= 4 is 5.96 Å². The molecule has 0 fully saturated rings. The van der Waals surface area contributed by atoms with Crippen molar-refractivity contribution in [3.63, 3.8) is 0 Å². The molecule has 0 aromatic heterocycles. The van der Waals surface area contributed by atoms with Gasteiger partial charge in [0, 0.05) is 13.7 Å². The van der Waals surface area contributed by atoms with Gasteiger partial charge in [0.05, 0.1) is 19.3 Å². The van der Waals surface area contributed by atoms with Crippen LogP contribution >= 0.6 is 0 Å². The maximum Gasteiger partial charge on any atom is 0.192 e. The molecule has 0 aromatic carbocycles. The van der Waals surface area contributed by atoms with E-state index in [1.165, 1.54) is 0 Å². The van der Waals surface area contributed by atoms with Crippen LogP contribution in [0.4, 0.5) is 0 Å². The van der Waals surface area contributed by atoms with Crippen LogP contribution in [0.5, 0.6) is 0 Å². The molecule has 1 heterocycles. The Bertz CT molecular complexity index is 148. The largest absolute Gasteiger partial charge is 0.383 e. The highest BCUT2D eigenvalue weighted by Gasteiger charge is 2.10. The predicted molar refractivity (Wildman–Crippen MR) is 43.3 cm³/mol. The number of nitrogens with zero attached hydrogens (tertiary/aromatic N) is 1. The zero-order valence-corrected chi connectivity index (χ0v) is 6.63. The van der Waals surface area contributed by atoms with Gasteiger partial charge >= 0.3 is 0 Å². The van der Waals surface area contributed by atoms with E-state index in [2.05, 4.69) is 15.6 Å². The van der Waals surface area contributed by atoms with Crippen molar-refractivity contribution in [2.45, 2.75) is 6.17 Å².